The van der Waals surface area contributed by atoms with Gasteiger partial charge >= 0.3 is 0 Å². The van der Waals surface area contributed by atoms with E-state index in [0.29, 0.717) is 39.7 Å². The monoisotopic (exact) mass is 502 g/mol. The van der Waals surface area contributed by atoms with Crippen molar-refractivity contribution in [3.8, 4) is 11.5 Å². The summed E-state index contributed by atoms with van der Waals surface area (Å²) in [5.41, 5.74) is 1.87. The fraction of sp³-hybridized carbons (Fsp3) is 0.400. The predicted molar refractivity (Wildman–Crippen MR) is 128 cm³/mol. The molecule has 0 saturated carbocycles. The van der Waals surface area contributed by atoms with Crippen LogP contribution in [0.5, 0.6) is 11.5 Å². The van der Waals surface area contributed by atoms with Crippen LogP contribution in [-0.4, -0.2) is 26.7 Å². The first-order chi connectivity index (χ1) is 13.0. The molecule has 0 aromatic heterocycles. The van der Waals surface area contributed by atoms with E-state index in [-0.39, 0.29) is 31.4 Å². The molecule has 2 aromatic carbocycles. The van der Waals surface area contributed by atoms with Gasteiger partial charge in [-0.1, -0.05) is 40.9 Å². The fourth-order valence-electron chi connectivity index (χ4n) is 2.54. The third kappa shape index (κ3) is 9.39. The topological polar surface area (TPSA) is 42.5 Å². The molecule has 0 fully saturated rings. The van der Waals surface area contributed by atoms with E-state index in [4.69, 9.17) is 44.3 Å². The third-order valence-electron chi connectivity index (χ3n) is 3.87. The molecule has 2 rings (SSSR count). The van der Waals surface area contributed by atoms with Crippen LogP contribution in [0.1, 0.15) is 24.5 Å². The van der Waals surface area contributed by atoms with E-state index < -0.39 is 0 Å². The summed E-state index contributed by atoms with van der Waals surface area (Å²) in [5.74, 6) is 1.14. The summed E-state index contributed by atoms with van der Waals surface area (Å²) >= 11 is 18.6. The van der Waals surface area contributed by atoms with E-state index in [9.17, 15) is 0 Å². The maximum Gasteiger partial charge on any atom is 0.180 e. The van der Waals surface area contributed by atoms with Gasteiger partial charge in [0.2, 0.25) is 0 Å². The van der Waals surface area contributed by atoms with Crippen molar-refractivity contribution in [2.24, 2.45) is 0 Å². The van der Waals surface area contributed by atoms with Crippen molar-refractivity contribution in [2.75, 3.05) is 26.7 Å². The van der Waals surface area contributed by atoms with Crippen LogP contribution >= 0.6 is 59.6 Å². The summed E-state index contributed by atoms with van der Waals surface area (Å²) in [6.07, 6.45) is 1.06. The molecule has 0 aliphatic heterocycles. The summed E-state index contributed by atoms with van der Waals surface area (Å²) in [4.78, 5) is 0. The summed E-state index contributed by atoms with van der Waals surface area (Å²) in [5, 5.41) is 8.18. The van der Waals surface area contributed by atoms with E-state index in [1.54, 1.807) is 12.1 Å². The average molecular weight is 505 g/mol. The van der Waals surface area contributed by atoms with Crippen molar-refractivity contribution >= 4 is 59.6 Å². The molecule has 0 radical (unpaired) electrons. The van der Waals surface area contributed by atoms with Gasteiger partial charge in [-0.2, -0.15) is 0 Å². The van der Waals surface area contributed by atoms with Crippen LogP contribution in [0.3, 0.4) is 0 Å². The Hall–Kier alpha value is -0.590. The Bertz CT molecular complexity index is 747. The van der Waals surface area contributed by atoms with Gasteiger partial charge in [0.1, 0.15) is 6.61 Å². The zero-order valence-corrected chi connectivity index (χ0v) is 20.3. The summed E-state index contributed by atoms with van der Waals surface area (Å²) < 4.78 is 11.7. The second kappa shape index (κ2) is 15.2. The SMILES string of the molecule is CCOc1cc(CNCCCNC)cc(Cl)c1OCc1ccc(Cl)cc1Cl.Cl.Cl. The second-order valence-corrected chi connectivity index (χ2v) is 7.25. The fourth-order valence-corrected chi connectivity index (χ4v) is 3.29. The number of rotatable bonds is 11. The molecule has 0 atom stereocenters. The van der Waals surface area contributed by atoms with Gasteiger partial charge in [-0.3, -0.25) is 0 Å². The van der Waals surface area contributed by atoms with Crippen LogP contribution in [0.2, 0.25) is 15.1 Å². The van der Waals surface area contributed by atoms with Crippen LogP contribution in [0.25, 0.3) is 0 Å². The molecule has 0 bridgehead atoms. The van der Waals surface area contributed by atoms with Gasteiger partial charge < -0.3 is 20.1 Å². The van der Waals surface area contributed by atoms with E-state index in [0.717, 1.165) is 30.6 Å². The maximum absolute atomic E-state index is 6.47. The Morgan fingerprint density at radius 2 is 1.69 bits per heavy atom. The van der Waals surface area contributed by atoms with Gasteiger partial charge in [0.25, 0.3) is 0 Å². The van der Waals surface area contributed by atoms with Crippen molar-refractivity contribution in [3.63, 3.8) is 0 Å². The quantitative estimate of drug-likeness (QED) is 0.359. The average Bonchev–Trinajstić information content (AvgIpc) is 2.62. The number of hydrogen-bond donors (Lipinski definition) is 2. The minimum Gasteiger partial charge on any atom is -0.490 e. The normalized spacial score (nSPS) is 10.1. The molecular formula is C20H27Cl5N2O2. The molecule has 29 heavy (non-hydrogen) atoms. The van der Waals surface area contributed by atoms with Gasteiger partial charge in [0, 0.05) is 22.2 Å². The summed E-state index contributed by atoms with van der Waals surface area (Å²) in [6, 6.07) is 9.16. The molecule has 4 nitrogen and oxygen atoms in total. The first-order valence-corrected chi connectivity index (χ1v) is 10.1. The molecule has 0 aliphatic carbocycles. The van der Waals surface area contributed by atoms with E-state index in [1.165, 1.54) is 0 Å². The molecule has 0 heterocycles. The Balaban J connectivity index is 0.00000392. The van der Waals surface area contributed by atoms with Crippen LogP contribution in [0.4, 0.5) is 0 Å². The highest BCUT2D eigenvalue weighted by Crippen LogP contribution is 2.37. The first kappa shape index (κ1) is 28.4. The number of ether oxygens (including phenoxy) is 2. The molecule has 2 N–H and O–H groups in total. The van der Waals surface area contributed by atoms with Crippen molar-refractivity contribution < 1.29 is 9.47 Å². The van der Waals surface area contributed by atoms with Gasteiger partial charge in [-0.15, -0.1) is 24.8 Å². The maximum atomic E-state index is 6.47. The van der Waals surface area contributed by atoms with E-state index in [1.807, 2.05) is 32.2 Å². The Labute approximate surface area is 200 Å². The molecule has 0 spiro atoms. The van der Waals surface area contributed by atoms with E-state index >= 15 is 0 Å². The summed E-state index contributed by atoms with van der Waals surface area (Å²) in [7, 11) is 1.95. The highest BCUT2D eigenvalue weighted by molar-refractivity contribution is 6.35. The molecule has 164 valence electrons. The summed E-state index contributed by atoms with van der Waals surface area (Å²) in [6.45, 7) is 5.35. The van der Waals surface area contributed by atoms with E-state index in [2.05, 4.69) is 10.6 Å². The van der Waals surface area contributed by atoms with Crippen molar-refractivity contribution in [2.45, 2.75) is 26.5 Å². The van der Waals surface area contributed by atoms with Gasteiger partial charge in [-0.25, -0.2) is 0 Å². The smallest absolute Gasteiger partial charge is 0.180 e. The van der Waals surface area contributed by atoms with Gasteiger partial charge in [0.15, 0.2) is 11.5 Å². The second-order valence-electron chi connectivity index (χ2n) is 6.00. The number of hydrogen-bond acceptors (Lipinski definition) is 4. The zero-order valence-electron chi connectivity index (χ0n) is 16.4. The Kier molecular flexibility index (Phi) is 14.9. The predicted octanol–water partition coefficient (Wildman–Crippen LogP) is 6.17. The molecule has 0 unspecified atom stereocenters. The standard InChI is InChI=1S/C20H25Cl3N2O2.2ClH/c1-3-26-19-10-14(12-25-8-4-7-24-2)9-18(23)20(19)27-13-15-5-6-16(21)11-17(15)22;;/h5-6,9-11,24-25H,3-4,7-8,12-13H2,1-2H3;2*1H. The van der Waals surface area contributed by atoms with Crippen molar-refractivity contribution in [1.82, 2.24) is 10.6 Å². The van der Waals surface area contributed by atoms with Crippen LogP contribution in [0, 0.1) is 0 Å². The van der Waals surface area contributed by atoms with Crippen molar-refractivity contribution in [1.29, 1.82) is 0 Å². The third-order valence-corrected chi connectivity index (χ3v) is 4.73. The number of halogens is 5. The first-order valence-electron chi connectivity index (χ1n) is 8.92. The minimum atomic E-state index is 0. The largest absolute Gasteiger partial charge is 0.490 e. The number of benzene rings is 2. The molecule has 0 amide bonds. The molecule has 2 aromatic rings. The lowest BCUT2D eigenvalue weighted by molar-refractivity contribution is 0.269. The highest BCUT2D eigenvalue weighted by Gasteiger charge is 2.14. The van der Waals surface area contributed by atoms with Crippen molar-refractivity contribution in [3.05, 3.63) is 56.5 Å². The zero-order chi connectivity index (χ0) is 19.6. The van der Waals surface area contributed by atoms with Crippen LogP contribution < -0.4 is 20.1 Å². The Morgan fingerprint density at radius 3 is 2.34 bits per heavy atom. The molecule has 9 heteroatoms. The molecule has 0 saturated heterocycles. The van der Waals surface area contributed by atoms with Crippen LogP contribution in [0.15, 0.2) is 30.3 Å². The lowest BCUT2D eigenvalue weighted by Crippen LogP contribution is -2.19. The van der Waals surface area contributed by atoms with Crippen LogP contribution in [-0.2, 0) is 13.2 Å². The lowest BCUT2D eigenvalue weighted by Gasteiger charge is -2.16. The highest BCUT2D eigenvalue weighted by atomic mass is 35.5. The lowest BCUT2D eigenvalue weighted by atomic mass is 10.2. The Morgan fingerprint density at radius 1 is 0.931 bits per heavy atom. The minimum absolute atomic E-state index is 0. The van der Waals surface area contributed by atoms with Gasteiger partial charge in [0.05, 0.1) is 11.6 Å². The molecule has 0 aliphatic rings. The number of nitrogens with one attached hydrogen (secondary N) is 2. The van der Waals surface area contributed by atoms with Gasteiger partial charge in [-0.05, 0) is 63.3 Å². The molecular weight excluding hydrogens is 477 g/mol.